The molecule has 17 nitrogen and oxygen atoms in total. The Hall–Kier alpha value is -1.20. The minimum Gasteiger partial charge on any atom is -0.394 e. The normalized spacial score (nSPS) is 57.2. The van der Waals surface area contributed by atoms with Gasteiger partial charge in [-0.1, -0.05) is 44.6 Å². The van der Waals surface area contributed by atoms with Crippen LogP contribution in [0.1, 0.15) is 79.1 Å². The molecule has 0 aromatic heterocycles. The van der Waals surface area contributed by atoms with E-state index in [4.69, 9.17) is 37.9 Å². The maximum atomic E-state index is 11.6. The third-order valence-electron chi connectivity index (χ3n) is 17.1. The van der Waals surface area contributed by atoms with Crippen molar-refractivity contribution in [3.8, 4) is 0 Å². The van der Waals surface area contributed by atoms with E-state index in [9.17, 15) is 46.0 Å². The molecule has 0 aromatic rings. The summed E-state index contributed by atoms with van der Waals surface area (Å²) >= 11 is 0. The lowest BCUT2D eigenvalue weighted by Gasteiger charge is -2.60. The van der Waals surface area contributed by atoms with Gasteiger partial charge in [-0.3, -0.25) is 0 Å². The van der Waals surface area contributed by atoms with Gasteiger partial charge in [0.05, 0.1) is 44.2 Å². The molecule has 5 heterocycles. The summed E-state index contributed by atoms with van der Waals surface area (Å²) in [5.74, 6) is 1.01. The zero-order valence-electron chi connectivity index (χ0n) is 35.6. The lowest BCUT2D eigenvalue weighted by Crippen LogP contribution is -2.65. The van der Waals surface area contributed by atoms with Crippen molar-refractivity contribution in [2.45, 2.75) is 189 Å². The molecule has 20 unspecified atom stereocenters. The zero-order valence-corrected chi connectivity index (χ0v) is 35.6. The Morgan fingerprint density at radius 2 is 1.54 bits per heavy atom. The smallest absolute Gasteiger partial charge is 0.187 e. The monoisotopic (exact) mass is 868 g/mol. The summed E-state index contributed by atoms with van der Waals surface area (Å²) in [7, 11) is 0. The molecule has 25 atom stereocenters. The van der Waals surface area contributed by atoms with E-state index < -0.39 is 116 Å². The average molecular weight is 869 g/mol. The van der Waals surface area contributed by atoms with Gasteiger partial charge < -0.3 is 83.9 Å². The van der Waals surface area contributed by atoms with Gasteiger partial charge in [0.15, 0.2) is 24.7 Å². The van der Waals surface area contributed by atoms with E-state index in [-0.39, 0.29) is 30.0 Å². The average Bonchev–Trinajstić information content (AvgIpc) is 3.68. The Labute approximate surface area is 356 Å². The van der Waals surface area contributed by atoms with E-state index >= 15 is 0 Å². The first kappa shape index (κ1) is 45.0. The van der Waals surface area contributed by atoms with Crippen LogP contribution in [0.25, 0.3) is 0 Å². The van der Waals surface area contributed by atoms with Gasteiger partial charge in [0.1, 0.15) is 61.0 Å². The van der Waals surface area contributed by atoms with Crippen LogP contribution in [0.5, 0.6) is 0 Å². The third-order valence-corrected chi connectivity index (χ3v) is 17.1. The topological polar surface area (TPSA) is 256 Å². The Morgan fingerprint density at radius 3 is 2.26 bits per heavy atom. The number of aliphatic hydroxyl groups is 9. The van der Waals surface area contributed by atoms with E-state index in [1.807, 2.05) is 0 Å². The molecule has 346 valence electrons. The van der Waals surface area contributed by atoms with Crippen LogP contribution in [0, 0.1) is 40.4 Å². The number of hydrogen-bond acceptors (Lipinski definition) is 17. The number of fused-ring (bicyclic) bond motifs is 7. The van der Waals surface area contributed by atoms with E-state index in [0.29, 0.717) is 37.2 Å². The molecule has 61 heavy (non-hydrogen) atoms. The van der Waals surface area contributed by atoms with Crippen molar-refractivity contribution in [1.82, 2.24) is 0 Å². The quantitative estimate of drug-likeness (QED) is 0.150. The van der Waals surface area contributed by atoms with Crippen molar-refractivity contribution in [3.05, 3.63) is 23.8 Å². The molecule has 5 aliphatic heterocycles. The second-order valence-corrected chi connectivity index (χ2v) is 20.3. The molecule has 0 bridgehead atoms. The maximum Gasteiger partial charge on any atom is 0.187 e. The summed E-state index contributed by atoms with van der Waals surface area (Å²) < 4.78 is 49.7. The molecular weight excluding hydrogens is 800 g/mol. The Balaban J connectivity index is 0.934. The van der Waals surface area contributed by atoms with Crippen LogP contribution in [0.4, 0.5) is 0 Å². The Kier molecular flexibility index (Phi) is 12.2. The molecule has 9 rings (SSSR count). The van der Waals surface area contributed by atoms with E-state index in [2.05, 4.69) is 33.4 Å². The molecule has 0 aromatic carbocycles. The van der Waals surface area contributed by atoms with Crippen molar-refractivity contribution in [2.75, 3.05) is 19.8 Å². The van der Waals surface area contributed by atoms with Crippen molar-refractivity contribution < 1.29 is 83.9 Å². The van der Waals surface area contributed by atoms with Crippen LogP contribution in [0.15, 0.2) is 23.8 Å². The van der Waals surface area contributed by atoms with Crippen molar-refractivity contribution >= 4 is 0 Å². The van der Waals surface area contributed by atoms with Crippen LogP contribution in [0.3, 0.4) is 0 Å². The predicted molar refractivity (Wildman–Crippen MR) is 210 cm³/mol. The molecule has 9 aliphatic rings. The molecule has 3 saturated carbocycles. The second-order valence-electron chi connectivity index (χ2n) is 20.3. The first-order chi connectivity index (χ1) is 28.9. The minimum absolute atomic E-state index is 0.0559. The van der Waals surface area contributed by atoms with Gasteiger partial charge in [0.2, 0.25) is 0 Å². The summed E-state index contributed by atoms with van der Waals surface area (Å²) in [5.41, 5.74) is 1.79. The lowest BCUT2D eigenvalue weighted by molar-refractivity contribution is -0.381. The highest BCUT2D eigenvalue weighted by atomic mass is 16.8. The fraction of sp³-hybridized carbons (Fsp3) is 0.909. The van der Waals surface area contributed by atoms with Crippen LogP contribution in [-0.2, 0) is 37.9 Å². The fourth-order valence-electron chi connectivity index (χ4n) is 13.7. The standard InChI is InChI=1S/C44H68O17/c1-18-8-11-44(55-16-18)19(2)30-27(61-44)14-25-23-7-6-21-12-22(46)13-29(43(21,5)24(23)9-10-42(25,30)4)58-41-38(32(49)26(47)17-54-41)60-40-36(53)37(31(48)20(3)56-40)59-39-35(52)34(51)33(50)28(15-45)57-39/h6,19-20,22-41,45-53H,1,7-17H2,2-5H3/t19-,20?,22+,23?,24?,25?,26?,27?,28?,29+,30?,31?,32?,33?,34?,35?,36?,37?,38?,39?,40?,41?,42-,43-,44?/m0/s1. The number of ether oxygens (including phenoxy) is 8. The van der Waals surface area contributed by atoms with Crippen molar-refractivity contribution in [1.29, 1.82) is 0 Å². The predicted octanol–water partition coefficient (Wildman–Crippen LogP) is -0.256. The fourth-order valence-corrected chi connectivity index (χ4v) is 13.7. The highest BCUT2D eigenvalue weighted by molar-refractivity contribution is 5.29. The molecule has 1 spiro atoms. The second kappa shape index (κ2) is 16.6. The largest absolute Gasteiger partial charge is 0.394 e. The third kappa shape index (κ3) is 7.25. The maximum absolute atomic E-state index is 11.6. The molecule has 0 radical (unpaired) electrons. The highest BCUT2D eigenvalue weighted by Crippen LogP contribution is 2.71. The van der Waals surface area contributed by atoms with Crippen LogP contribution in [0.2, 0.25) is 0 Å². The zero-order chi connectivity index (χ0) is 43.5. The molecule has 0 amide bonds. The van der Waals surface area contributed by atoms with Crippen LogP contribution < -0.4 is 0 Å². The summed E-state index contributed by atoms with van der Waals surface area (Å²) in [6.45, 7) is 12.2. The van der Waals surface area contributed by atoms with Gasteiger partial charge in [-0.05, 0) is 74.5 Å². The minimum atomic E-state index is -1.81. The SMILES string of the molecule is C=C1CCC2(OC1)OC1CC3C4CC=C5C[C@@H](O)C[C@@H](OC6OCC(O)C(O)C6OC6OC(C)C(O)C(OC7OC(CO)C(O)C(O)C7O)C6O)[C@]5(C)C4CC[C@]3(C)C1[C@@H]2C. The Bertz CT molecular complexity index is 1640. The summed E-state index contributed by atoms with van der Waals surface area (Å²) in [5, 5.41) is 97.1. The summed E-state index contributed by atoms with van der Waals surface area (Å²) in [4.78, 5) is 0. The van der Waals surface area contributed by atoms with Crippen LogP contribution in [-0.4, -0.2) is 176 Å². The van der Waals surface area contributed by atoms with Gasteiger partial charge in [0.25, 0.3) is 0 Å². The van der Waals surface area contributed by atoms with E-state index in [1.165, 1.54) is 6.92 Å². The Morgan fingerprint density at radius 1 is 0.803 bits per heavy atom. The number of aliphatic hydroxyl groups excluding tert-OH is 9. The molecule has 5 saturated heterocycles. The molecule has 9 N–H and O–H groups in total. The first-order valence-electron chi connectivity index (χ1n) is 22.5. The number of allylic oxidation sites excluding steroid dienone is 1. The van der Waals surface area contributed by atoms with Crippen molar-refractivity contribution in [2.24, 2.45) is 40.4 Å². The number of rotatable bonds is 7. The molecular formula is C44H68O17. The van der Waals surface area contributed by atoms with Gasteiger partial charge in [-0.15, -0.1) is 0 Å². The van der Waals surface area contributed by atoms with Crippen LogP contribution >= 0.6 is 0 Å². The lowest BCUT2D eigenvalue weighted by atomic mass is 9.46. The molecule has 8 fully saturated rings. The van der Waals surface area contributed by atoms with E-state index in [1.54, 1.807) is 0 Å². The highest BCUT2D eigenvalue weighted by Gasteiger charge is 2.69. The van der Waals surface area contributed by atoms with Gasteiger partial charge in [-0.25, -0.2) is 0 Å². The molecule has 4 aliphatic carbocycles. The van der Waals surface area contributed by atoms with Gasteiger partial charge in [-0.2, -0.15) is 0 Å². The number of hydrogen-bond donors (Lipinski definition) is 9. The van der Waals surface area contributed by atoms with Gasteiger partial charge in [0, 0.05) is 24.2 Å². The van der Waals surface area contributed by atoms with Gasteiger partial charge >= 0.3 is 0 Å². The summed E-state index contributed by atoms with van der Waals surface area (Å²) in [6.07, 6.45) is -13.9. The first-order valence-corrected chi connectivity index (χ1v) is 22.5. The van der Waals surface area contributed by atoms with E-state index in [0.717, 1.165) is 49.7 Å². The summed E-state index contributed by atoms with van der Waals surface area (Å²) in [6, 6.07) is 0. The van der Waals surface area contributed by atoms with Crippen molar-refractivity contribution in [3.63, 3.8) is 0 Å². The molecule has 17 heteroatoms.